The van der Waals surface area contributed by atoms with Crippen molar-refractivity contribution >= 4 is 5.97 Å². The highest BCUT2D eigenvalue weighted by molar-refractivity contribution is 5.70. The molecule has 0 aliphatic carbocycles. The second-order valence-corrected chi connectivity index (χ2v) is 5.48. The number of aromatic nitrogens is 1. The standard InChI is InChI=1S/C17H18N2O3/c20-17(21)14-7-9-19(12-14)11-13-4-3-5-15(10-13)22-16-6-1-2-8-18-16/h1-6,8,10,14H,7,9,11-12H2,(H,20,21). The van der Waals surface area contributed by atoms with E-state index in [0.717, 1.165) is 30.8 Å². The van der Waals surface area contributed by atoms with Crippen molar-refractivity contribution in [3.63, 3.8) is 0 Å². The Kier molecular flexibility index (Phi) is 4.34. The molecule has 0 bridgehead atoms. The highest BCUT2D eigenvalue weighted by atomic mass is 16.5. The van der Waals surface area contributed by atoms with Crippen molar-refractivity contribution in [1.82, 2.24) is 9.88 Å². The number of aliphatic carboxylic acids is 1. The molecule has 1 aliphatic heterocycles. The van der Waals surface area contributed by atoms with E-state index in [1.54, 1.807) is 6.20 Å². The molecule has 1 unspecified atom stereocenters. The summed E-state index contributed by atoms with van der Waals surface area (Å²) in [4.78, 5) is 17.3. The highest BCUT2D eigenvalue weighted by Crippen LogP contribution is 2.23. The van der Waals surface area contributed by atoms with Crippen LogP contribution in [0, 0.1) is 5.92 Å². The molecule has 2 aromatic rings. The van der Waals surface area contributed by atoms with Gasteiger partial charge in [0.25, 0.3) is 0 Å². The van der Waals surface area contributed by atoms with E-state index >= 15 is 0 Å². The van der Waals surface area contributed by atoms with Gasteiger partial charge in [-0.05, 0) is 36.7 Å². The molecule has 1 aromatic carbocycles. The fraction of sp³-hybridized carbons (Fsp3) is 0.294. The van der Waals surface area contributed by atoms with E-state index in [2.05, 4.69) is 9.88 Å². The minimum atomic E-state index is -0.699. The third-order valence-electron chi connectivity index (χ3n) is 3.79. The van der Waals surface area contributed by atoms with Crippen molar-refractivity contribution in [1.29, 1.82) is 0 Å². The number of hydrogen-bond acceptors (Lipinski definition) is 4. The summed E-state index contributed by atoms with van der Waals surface area (Å²) in [7, 11) is 0. The van der Waals surface area contributed by atoms with Crippen molar-refractivity contribution < 1.29 is 14.6 Å². The molecule has 1 saturated heterocycles. The second-order valence-electron chi connectivity index (χ2n) is 5.48. The molecular weight excluding hydrogens is 280 g/mol. The molecule has 0 spiro atoms. The largest absolute Gasteiger partial charge is 0.481 e. The Morgan fingerprint density at radius 3 is 2.95 bits per heavy atom. The van der Waals surface area contributed by atoms with Crippen LogP contribution in [0.4, 0.5) is 0 Å². The van der Waals surface area contributed by atoms with Crippen LogP contribution < -0.4 is 4.74 Å². The van der Waals surface area contributed by atoms with Gasteiger partial charge in [-0.25, -0.2) is 4.98 Å². The van der Waals surface area contributed by atoms with Crippen LogP contribution in [0.25, 0.3) is 0 Å². The van der Waals surface area contributed by atoms with E-state index in [4.69, 9.17) is 9.84 Å². The zero-order valence-electron chi connectivity index (χ0n) is 12.2. The zero-order valence-corrected chi connectivity index (χ0v) is 12.2. The summed E-state index contributed by atoms with van der Waals surface area (Å²) < 4.78 is 5.72. The van der Waals surface area contributed by atoms with Gasteiger partial charge in [0.15, 0.2) is 0 Å². The van der Waals surface area contributed by atoms with Gasteiger partial charge in [-0.1, -0.05) is 18.2 Å². The normalized spacial score (nSPS) is 18.3. The van der Waals surface area contributed by atoms with E-state index < -0.39 is 5.97 Å². The van der Waals surface area contributed by atoms with Crippen molar-refractivity contribution in [2.24, 2.45) is 5.92 Å². The number of carboxylic acids is 1. The molecule has 0 amide bonds. The van der Waals surface area contributed by atoms with Crippen LogP contribution in [-0.2, 0) is 11.3 Å². The number of carbonyl (C=O) groups is 1. The maximum atomic E-state index is 11.0. The molecule has 1 N–H and O–H groups in total. The van der Waals surface area contributed by atoms with Crippen LogP contribution in [-0.4, -0.2) is 34.0 Å². The Hall–Kier alpha value is -2.40. The summed E-state index contributed by atoms with van der Waals surface area (Å²) in [5, 5.41) is 9.05. The number of carboxylic acid groups (broad SMARTS) is 1. The third-order valence-corrected chi connectivity index (χ3v) is 3.79. The number of nitrogens with zero attached hydrogens (tertiary/aromatic N) is 2. The van der Waals surface area contributed by atoms with Gasteiger partial charge in [-0.15, -0.1) is 0 Å². The first-order valence-electron chi connectivity index (χ1n) is 7.34. The van der Waals surface area contributed by atoms with E-state index in [1.807, 2.05) is 42.5 Å². The molecule has 22 heavy (non-hydrogen) atoms. The van der Waals surface area contributed by atoms with Gasteiger partial charge in [0.1, 0.15) is 5.75 Å². The molecule has 2 heterocycles. The summed E-state index contributed by atoms with van der Waals surface area (Å²) in [6.07, 6.45) is 2.41. The Morgan fingerprint density at radius 2 is 2.23 bits per heavy atom. The third kappa shape index (κ3) is 3.62. The number of likely N-dealkylation sites (tertiary alicyclic amines) is 1. The SMILES string of the molecule is O=C(O)C1CCN(Cc2cccc(Oc3ccccn3)c2)C1. The molecule has 1 atom stereocenters. The van der Waals surface area contributed by atoms with Gasteiger partial charge in [-0.3, -0.25) is 9.69 Å². The predicted molar refractivity (Wildman–Crippen MR) is 81.8 cm³/mol. The van der Waals surface area contributed by atoms with Gasteiger partial charge in [-0.2, -0.15) is 0 Å². The van der Waals surface area contributed by atoms with Crippen LogP contribution >= 0.6 is 0 Å². The average Bonchev–Trinajstić information content (AvgIpc) is 2.97. The first-order chi connectivity index (χ1) is 10.7. The molecular formula is C17H18N2O3. The molecule has 0 saturated carbocycles. The number of rotatable bonds is 5. The summed E-state index contributed by atoms with van der Waals surface area (Å²) in [6, 6.07) is 13.4. The Labute approximate surface area is 129 Å². The van der Waals surface area contributed by atoms with Crippen LogP contribution in [0.15, 0.2) is 48.7 Å². The molecule has 5 nitrogen and oxygen atoms in total. The fourth-order valence-corrected chi connectivity index (χ4v) is 2.67. The lowest BCUT2D eigenvalue weighted by atomic mass is 10.1. The van der Waals surface area contributed by atoms with Crippen LogP contribution in [0.3, 0.4) is 0 Å². The molecule has 3 rings (SSSR count). The molecule has 0 radical (unpaired) electrons. The number of hydrogen-bond donors (Lipinski definition) is 1. The quantitative estimate of drug-likeness (QED) is 0.919. The molecule has 1 aliphatic rings. The monoisotopic (exact) mass is 298 g/mol. The van der Waals surface area contributed by atoms with Crippen molar-refractivity contribution in [3.8, 4) is 11.6 Å². The Morgan fingerprint density at radius 1 is 1.32 bits per heavy atom. The van der Waals surface area contributed by atoms with Gasteiger partial charge in [0, 0.05) is 25.4 Å². The molecule has 1 aromatic heterocycles. The summed E-state index contributed by atoms with van der Waals surface area (Å²) in [5.41, 5.74) is 1.11. The maximum absolute atomic E-state index is 11.0. The number of benzene rings is 1. The highest BCUT2D eigenvalue weighted by Gasteiger charge is 2.27. The predicted octanol–water partition coefficient (Wildman–Crippen LogP) is 2.78. The lowest BCUT2D eigenvalue weighted by Gasteiger charge is -2.15. The lowest BCUT2D eigenvalue weighted by Crippen LogP contribution is -2.22. The molecule has 1 fully saturated rings. The first kappa shape index (κ1) is 14.5. The van der Waals surface area contributed by atoms with E-state index in [0.29, 0.717) is 12.4 Å². The topological polar surface area (TPSA) is 62.7 Å². The van der Waals surface area contributed by atoms with Gasteiger partial charge in [0.05, 0.1) is 5.92 Å². The smallest absolute Gasteiger partial charge is 0.307 e. The minimum absolute atomic E-state index is 0.243. The average molecular weight is 298 g/mol. The van der Waals surface area contributed by atoms with Crippen molar-refractivity contribution in [3.05, 3.63) is 54.2 Å². The Balaban J connectivity index is 1.63. The summed E-state index contributed by atoms with van der Waals surface area (Å²) >= 11 is 0. The van der Waals surface area contributed by atoms with E-state index in [-0.39, 0.29) is 5.92 Å². The maximum Gasteiger partial charge on any atom is 0.307 e. The number of ether oxygens (including phenoxy) is 1. The van der Waals surface area contributed by atoms with E-state index in [9.17, 15) is 4.79 Å². The van der Waals surface area contributed by atoms with Crippen molar-refractivity contribution in [2.75, 3.05) is 13.1 Å². The van der Waals surface area contributed by atoms with Gasteiger partial charge < -0.3 is 9.84 Å². The first-order valence-corrected chi connectivity index (χ1v) is 7.34. The van der Waals surface area contributed by atoms with Crippen LogP contribution in [0.5, 0.6) is 11.6 Å². The number of pyridine rings is 1. The molecule has 114 valence electrons. The minimum Gasteiger partial charge on any atom is -0.481 e. The zero-order chi connectivity index (χ0) is 15.4. The lowest BCUT2D eigenvalue weighted by molar-refractivity contribution is -0.141. The second kappa shape index (κ2) is 6.58. The molecule has 5 heteroatoms. The van der Waals surface area contributed by atoms with Crippen molar-refractivity contribution in [2.45, 2.75) is 13.0 Å². The Bertz CT molecular complexity index is 645. The van der Waals surface area contributed by atoms with Crippen LogP contribution in [0.1, 0.15) is 12.0 Å². The fourth-order valence-electron chi connectivity index (χ4n) is 2.67. The van der Waals surface area contributed by atoms with Gasteiger partial charge in [0.2, 0.25) is 5.88 Å². The summed E-state index contributed by atoms with van der Waals surface area (Å²) in [6.45, 7) is 2.17. The van der Waals surface area contributed by atoms with Gasteiger partial charge >= 0.3 is 5.97 Å². The van der Waals surface area contributed by atoms with E-state index in [1.165, 1.54) is 0 Å². The van der Waals surface area contributed by atoms with Crippen LogP contribution in [0.2, 0.25) is 0 Å². The summed E-state index contributed by atoms with van der Waals surface area (Å²) in [5.74, 6) is 0.361.